The number of carbonyl (C=O) groups excluding carboxylic acids is 3. The molecule has 0 saturated carbocycles. The van der Waals surface area contributed by atoms with E-state index in [1.165, 1.54) is 21.6 Å². The number of piperazine rings is 1. The second-order valence-electron chi connectivity index (χ2n) is 9.14. The van der Waals surface area contributed by atoms with E-state index in [2.05, 4.69) is 19.6 Å². The lowest BCUT2D eigenvalue weighted by atomic mass is 10.1. The van der Waals surface area contributed by atoms with Crippen molar-refractivity contribution in [2.45, 2.75) is 74.7 Å². The van der Waals surface area contributed by atoms with Gasteiger partial charge in [-0.05, 0) is 31.1 Å². The molecule has 0 radical (unpaired) electrons. The highest BCUT2D eigenvalue weighted by Gasteiger charge is 2.65. The summed E-state index contributed by atoms with van der Waals surface area (Å²) in [5.41, 5.74) is 0. The van der Waals surface area contributed by atoms with Crippen LogP contribution in [0.4, 0.5) is 0 Å². The molecule has 0 aliphatic carbocycles. The maximum absolute atomic E-state index is 13.4. The SMILES string of the molecule is CN1CC(=O)N2[C@@H](C=O)C[C@H](OC3CCCCO3)[C@@]2(SCC[Si](C)(C)C)C1=O. The van der Waals surface area contributed by atoms with Gasteiger partial charge < -0.3 is 24.1 Å². The molecule has 0 aromatic rings. The molecule has 0 spiro atoms. The van der Waals surface area contributed by atoms with Gasteiger partial charge >= 0.3 is 0 Å². The first-order valence-electron chi connectivity index (χ1n) is 10.1. The number of aldehydes is 1. The van der Waals surface area contributed by atoms with Crippen LogP contribution in [-0.4, -0.2) is 85.2 Å². The van der Waals surface area contributed by atoms with E-state index in [-0.39, 0.29) is 24.6 Å². The molecule has 3 fully saturated rings. The lowest BCUT2D eigenvalue weighted by molar-refractivity contribution is -0.200. The zero-order valence-corrected chi connectivity index (χ0v) is 19.1. The molecule has 28 heavy (non-hydrogen) atoms. The van der Waals surface area contributed by atoms with Gasteiger partial charge in [0.1, 0.15) is 12.4 Å². The van der Waals surface area contributed by atoms with Crippen molar-refractivity contribution < 1.29 is 23.9 Å². The summed E-state index contributed by atoms with van der Waals surface area (Å²) >= 11 is 1.48. The largest absolute Gasteiger partial charge is 0.353 e. The minimum atomic E-state index is -1.32. The minimum Gasteiger partial charge on any atom is -0.353 e. The third kappa shape index (κ3) is 4.17. The van der Waals surface area contributed by atoms with Crippen LogP contribution in [0.15, 0.2) is 0 Å². The van der Waals surface area contributed by atoms with Gasteiger partial charge in [0.05, 0.1) is 12.6 Å². The van der Waals surface area contributed by atoms with Crippen molar-refractivity contribution in [1.82, 2.24) is 9.80 Å². The molecule has 2 amide bonds. The monoisotopic (exact) mass is 428 g/mol. The number of fused-ring (bicyclic) bond motifs is 1. The van der Waals surface area contributed by atoms with E-state index < -0.39 is 25.1 Å². The Kier molecular flexibility index (Phi) is 6.58. The van der Waals surface area contributed by atoms with Crippen molar-refractivity contribution in [2.75, 3.05) is 26.0 Å². The molecule has 3 saturated heterocycles. The summed E-state index contributed by atoms with van der Waals surface area (Å²) in [6.45, 7) is 7.51. The summed E-state index contributed by atoms with van der Waals surface area (Å²) in [7, 11) is 0.335. The molecule has 0 aromatic heterocycles. The smallest absolute Gasteiger partial charge is 0.262 e. The normalized spacial score (nSPS) is 33.9. The van der Waals surface area contributed by atoms with Crippen molar-refractivity contribution in [3.8, 4) is 0 Å². The Morgan fingerprint density at radius 1 is 1.32 bits per heavy atom. The first kappa shape index (κ1) is 21.8. The quantitative estimate of drug-likeness (QED) is 0.456. The maximum Gasteiger partial charge on any atom is 0.262 e. The highest BCUT2D eigenvalue weighted by Crippen LogP contribution is 2.48. The average molecular weight is 429 g/mol. The third-order valence-corrected chi connectivity index (χ3v) is 9.26. The van der Waals surface area contributed by atoms with Gasteiger partial charge in [-0.15, -0.1) is 11.8 Å². The molecule has 3 aliphatic rings. The van der Waals surface area contributed by atoms with E-state index in [0.717, 1.165) is 37.3 Å². The van der Waals surface area contributed by atoms with Crippen molar-refractivity contribution in [3.05, 3.63) is 0 Å². The van der Waals surface area contributed by atoms with Crippen LogP contribution in [0.2, 0.25) is 25.7 Å². The second kappa shape index (κ2) is 8.45. The fraction of sp³-hybridized carbons (Fsp3) is 0.842. The standard InChI is InChI=1S/C19H32N2O5SSi/c1-20-12-16(23)21-14(13-22)11-15(26-17-7-5-6-8-25-17)19(21,18(20)24)27-9-10-28(2,3)4/h13-15,17H,5-12H2,1-4H3/t14-,15+,17?,19-/m1/s1. The van der Waals surface area contributed by atoms with Gasteiger partial charge in [0.15, 0.2) is 11.2 Å². The number of amides is 2. The number of hydrogen-bond acceptors (Lipinski definition) is 6. The molecular formula is C19H32N2O5SSi. The molecule has 7 nitrogen and oxygen atoms in total. The summed E-state index contributed by atoms with van der Waals surface area (Å²) < 4.78 is 12.0. The average Bonchev–Trinajstić information content (AvgIpc) is 2.94. The third-order valence-electron chi connectivity index (χ3n) is 5.66. The number of likely N-dealkylation sites (N-methyl/N-ethyl adjacent to an activating group) is 1. The van der Waals surface area contributed by atoms with Crippen LogP contribution in [0.3, 0.4) is 0 Å². The molecule has 1 unspecified atom stereocenters. The van der Waals surface area contributed by atoms with E-state index in [1.54, 1.807) is 7.05 Å². The minimum absolute atomic E-state index is 0.00610. The van der Waals surface area contributed by atoms with Crippen LogP contribution in [-0.2, 0) is 23.9 Å². The maximum atomic E-state index is 13.4. The van der Waals surface area contributed by atoms with Gasteiger partial charge in [-0.2, -0.15) is 0 Å². The van der Waals surface area contributed by atoms with E-state index in [0.29, 0.717) is 13.0 Å². The Labute approximate surface area is 172 Å². The van der Waals surface area contributed by atoms with E-state index in [9.17, 15) is 14.4 Å². The summed E-state index contributed by atoms with van der Waals surface area (Å²) in [6, 6.07) is 0.398. The first-order chi connectivity index (χ1) is 13.2. The highest BCUT2D eigenvalue weighted by atomic mass is 32.2. The van der Waals surface area contributed by atoms with Crippen molar-refractivity contribution in [3.63, 3.8) is 0 Å². The Morgan fingerprint density at radius 3 is 2.68 bits per heavy atom. The van der Waals surface area contributed by atoms with E-state index in [4.69, 9.17) is 9.47 Å². The van der Waals surface area contributed by atoms with Crippen molar-refractivity contribution >= 4 is 37.9 Å². The number of ether oxygens (including phenoxy) is 2. The second-order valence-corrected chi connectivity index (χ2v) is 16.1. The highest BCUT2D eigenvalue weighted by molar-refractivity contribution is 8.01. The van der Waals surface area contributed by atoms with E-state index in [1.807, 2.05) is 0 Å². The number of nitrogens with zero attached hydrogens (tertiary/aromatic N) is 2. The lowest BCUT2D eigenvalue weighted by Gasteiger charge is -2.47. The number of carbonyl (C=O) groups is 3. The predicted molar refractivity (Wildman–Crippen MR) is 111 cm³/mol. The summed E-state index contributed by atoms with van der Waals surface area (Å²) in [4.78, 5) is 39.9. The summed E-state index contributed by atoms with van der Waals surface area (Å²) in [6.07, 6.45) is 3.00. The van der Waals surface area contributed by atoms with E-state index >= 15 is 0 Å². The fourth-order valence-electron chi connectivity index (χ4n) is 4.12. The van der Waals surface area contributed by atoms with Crippen LogP contribution in [0.25, 0.3) is 0 Å². The number of hydrogen-bond donors (Lipinski definition) is 0. The van der Waals surface area contributed by atoms with Crippen LogP contribution >= 0.6 is 11.8 Å². The molecule has 0 N–H and O–H groups in total. The first-order valence-corrected chi connectivity index (χ1v) is 14.8. The van der Waals surface area contributed by atoms with Gasteiger partial charge in [0, 0.05) is 28.1 Å². The predicted octanol–water partition coefficient (Wildman–Crippen LogP) is 1.94. The molecule has 3 aliphatic heterocycles. The van der Waals surface area contributed by atoms with Crippen molar-refractivity contribution in [2.24, 2.45) is 0 Å². The Balaban J connectivity index is 1.92. The molecule has 0 aromatic carbocycles. The molecular weight excluding hydrogens is 396 g/mol. The Morgan fingerprint density at radius 2 is 2.07 bits per heavy atom. The lowest BCUT2D eigenvalue weighted by Crippen LogP contribution is -2.68. The molecule has 4 atom stereocenters. The topological polar surface area (TPSA) is 76.2 Å². The van der Waals surface area contributed by atoms with Gasteiger partial charge in [-0.3, -0.25) is 9.59 Å². The summed E-state index contributed by atoms with van der Waals surface area (Å²) in [5, 5.41) is 0. The van der Waals surface area contributed by atoms with Crippen LogP contribution in [0.1, 0.15) is 25.7 Å². The fourth-order valence-corrected chi connectivity index (χ4v) is 8.29. The van der Waals surface area contributed by atoms with Gasteiger partial charge in [-0.25, -0.2) is 0 Å². The molecule has 3 heterocycles. The van der Waals surface area contributed by atoms with Gasteiger partial charge in [-0.1, -0.05) is 19.6 Å². The Hall–Kier alpha value is -0.903. The van der Waals surface area contributed by atoms with Crippen LogP contribution in [0.5, 0.6) is 0 Å². The van der Waals surface area contributed by atoms with Gasteiger partial charge in [0.25, 0.3) is 5.91 Å². The number of thioether (sulfide) groups is 1. The van der Waals surface area contributed by atoms with Crippen LogP contribution in [0, 0.1) is 0 Å². The molecule has 9 heteroatoms. The van der Waals surface area contributed by atoms with Gasteiger partial charge in [0.2, 0.25) is 5.91 Å². The number of rotatable bonds is 7. The molecule has 158 valence electrons. The molecule has 0 bridgehead atoms. The van der Waals surface area contributed by atoms with Crippen molar-refractivity contribution in [1.29, 1.82) is 0 Å². The van der Waals surface area contributed by atoms with Crippen LogP contribution < -0.4 is 0 Å². The molecule has 3 rings (SSSR count). The zero-order chi connectivity index (χ0) is 20.5. The summed E-state index contributed by atoms with van der Waals surface area (Å²) in [5.74, 6) is 0.434. The Bertz CT molecular complexity index is 622. The zero-order valence-electron chi connectivity index (χ0n) is 17.3.